The fourth-order valence-corrected chi connectivity index (χ4v) is 2.55. The summed E-state index contributed by atoms with van der Waals surface area (Å²) in [7, 11) is 0. The molecule has 1 aliphatic rings. The molecular weight excluding hydrogens is 262 g/mol. The first-order valence-electron chi connectivity index (χ1n) is 7.29. The van der Waals surface area contributed by atoms with Crippen LogP contribution in [0, 0.1) is 0 Å². The number of nitrogens with zero attached hydrogens (tertiary/aromatic N) is 2. The van der Waals surface area contributed by atoms with Gasteiger partial charge in [0.1, 0.15) is 17.4 Å². The van der Waals surface area contributed by atoms with Crippen molar-refractivity contribution < 1.29 is 4.74 Å². The molecule has 4 nitrogen and oxygen atoms in total. The van der Waals surface area contributed by atoms with Crippen molar-refractivity contribution in [2.24, 2.45) is 0 Å². The third-order valence-corrected chi connectivity index (χ3v) is 3.78. The smallest absolute Gasteiger partial charge is 0.137 e. The molecule has 0 bridgehead atoms. The Morgan fingerprint density at radius 1 is 1.19 bits per heavy atom. The van der Waals surface area contributed by atoms with Gasteiger partial charge in [0.15, 0.2) is 0 Å². The van der Waals surface area contributed by atoms with Crippen LogP contribution in [0.3, 0.4) is 0 Å². The van der Waals surface area contributed by atoms with Crippen molar-refractivity contribution >= 4 is 5.82 Å². The van der Waals surface area contributed by atoms with Gasteiger partial charge in [0.2, 0.25) is 0 Å². The lowest BCUT2D eigenvalue weighted by Gasteiger charge is -2.26. The number of nitrogen functional groups attached to an aromatic ring is 1. The molecule has 3 rings (SSSR count). The van der Waals surface area contributed by atoms with E-state index in [1.54, 1.807) is 0 Å². The minimum Gasteiger partial charge on any atom is -0.493 e. The van der Waals surface area contributed by atoms with E-state index in [1.165, 1.54) is 5.56 Å². The van der Waals surface area contributed by atoms with E-state index in [0.717, 1.165) is 23.7 Å². The van der Waals surface area contributed by atoms with Gasteiger partial charge >= 0.3 is 0 Å². The Hall–Kier alpha value is -2.10. The molecule has 2 heterocycles. The SMILES string of the molecule is CC(C)(C)c1cc(N)nc(C2COc3ccccc3C2)n1. The zero-order valence-corrected chi connectivity index (χ0v) is 12.8. The van der Waals surface area contributed by atoms with Crippen molar-refractivity contribution in [1.29, 1.82) is 0 Å². The Morgan fingerprint density at radius 2 is 1.95 bits per heavy atom. The predicted molar refractivity (Wildman–Crippen MR) is 83.5 cm³/mol. The van der Waals surface area contributed by atoms with Gasteiger partial charge in [-0.05, 0) is 18.1 Å². The number of nitrogens with two attached hydrogens (primary N) is 1. The second kappa shape index (κ2) is 5.02. The second-order valence-electron chi connectivity index (χ2n) is 6.61. The normalized spacial score (nSPS) is 18.0. The van der Waals surface area contributed by atoms with E-state index in [-0.39, 0.29) is 11.3 Å². The van der Waals surface area contributed by atoms with Gasteiger partial charge in [0.05, 0.1) is 18.2 Å². The lowest BCUT2D eigenvalue weighted by molar-refractivity contribution is 0.257. The van der Waals surface area contributed by atoms with Gasteiger partial charge in [-0.1, -0.05) is 39.0 Å². The molecule has 21 heavy (non-hydrogen) atoms. The van der Waals surface area contributed by atoms with E-state index in [9.17, 15) is 0 Å². The first-order chi connectivity index (χ1) is 9.93. The summed E-state index contributed by atoms with van der Waals surface area (Å²) >= 11 is 0. The second-order valence-corrected chi connectivity index (χ2v) is 6.61. The van der Waals surface area contributed by atoms with E-state index < -0.39 is 0 Å². The standard InChI is InChI=1S/C17H21N3O/c1-17(2,3)14-9-15(18)20-16(19-14)12-8-11-6-4-5-7-13(11)21-10-12/h4-7,9,12H,8,10H2,1-3H3,(H2,18,19,20). The molecule has 0 spiro atoms. The summed E-state index contributed by atoms with van der Waals surface area (Å²) in [5.41, 5.74) is 8.10. The molecule has 0 amide bonds. The van der Waals surface area contributed by atoms with Gasteiger partial charge in [0.25, 0.3) is 0 Å². The van der Waals surface area contributed by atoms with Crippen molar-refractivity contribution in [3.05, 3.63) is 47.4 Å². The Kier molecular flexibility index (Phi) is 3.32. The Morgan fingerprint density at radius 3 is 2.71 bits per heavy atom. The maximum Gasteiger partial charge on any atom is 0.137 e. The van der Waals surface area contributed by atoms with Gasteiger partial charge in [0, 0.05) is 11.5 Å². The average Bonchev–Trinajstić information content (AvgIpc) is 2.45. The molecule has 0 saturated heterocycles. The number of hydrogen-bond acceptors (Lipinski definition) is 4. The summed E-state index contributed by atoms with van der Waals surface area (Å²) in [5.74, 6) is 2.44. The van der Waals surface area contributed by atoms with E-state index in [2.05, 4.69) is 31.8 Å². The van der Waals surface area contributed by atoms with Crippen LogP contribution in [0.15, 0.2) is 30.3 Å². The molecule has 0 aliphatic carbocycles. The molecule has 2 aromatic rings. The van der Waals surface area contributed by atoms with Crippen LogP contribution in [0.4, 0.5) is 5.82 Å². The van der Waals surface area contributed by atoms with Gasteiger partial charge in [-0.15, -0.1) is 0 Å². The fraction of sp³-hybridized carbons (Fsp3) is 0.412. The highest BCUT2D eigenvalue weighted by Crippen LogP contribution is 2.32. The lowest BCUT2D eigenvalue weighted by atomic mass is 9.91. The monoisotopic (exact) mass is 283 g/mol. The van der Waals surface area contributed by atoms with E-state index >= 15 is 0 Å². The molecule has 0 fully saturated rings. The summed E-state index contributed by atoms with van der Waals surface area (Å²) in [5, 5.41) is 0. The van der Waals surface area contributed by atoms with Crippen molar-refractivity contribution in [2.75, 3.05) is 12.3 Å². The Bertz CT molecular complexity index is 661. The topological polar surface area (TPSA) is 61.0 Å². The van der Waals surface area contributed by atoms with Crippen molar-refractivity contribution in [3.8, 4) is 5.75 Å². The van der Waals surface area contributed by atoms with Gasteiger partial charge in [-0.25, -0.2) is 9.97 Å². The highest BCUT2D eigenvalue weighted by molar-refractivity contribution is 5.38. The molecule has 2 N–H and O–H groups in total. The molecule has 1 unspecified atom stereocenters. The summed E-state index contributed by atoms with van der Waals surface area (Å²) in [4.78, 5) is 9.16. The third kappa shape index (κ3) is 2.84. The number of benzene rings is 1. The quantitative estimate of drug-likeness (QED) is 0.873. The molecule has 1 atom stereocenters. The van der Waals surface area contributed by atoms with Gasteiger partial charge in [-0.2, -0.15) is 0 Å². The largest absolute Gasteiger partial charge is 0.493 e. The van der Waals surface area contributed by atoms with Crippen molar-refractivity contribution in [3.63, 3.8) is 0 Å². The number of aromatic nitrogens is 2. The van der Waals surface area contributed by atoms with Crippen LogP contribution in [0.1, 0.15) is 43.8 Å². The highest BCUT2D eigenvalue weighted by Gasteiger charge is 2.25. The zero-order chi connectivity index (χ0) is 15.0. The number of para-hydroxylation sites is 1. The highest BCUT2D eigenvalue weighted by atomic mass is 16.5. The first kappa shape index (κ1) is 13.9. The zero-order valence-electron chi connectivity index (χ0n) is 12.8. The molecule has 0 radical (unpaired) electrons. The summed E-state index contributed by atoms with van der Waals surface area (Å²) in [6.45, 7) is 6.99. The van der Waals surface area contributed by atoms with Crippen LogP contribution < -0.4 is 10.5 Å². The van der Waals surface area contributed by atoms with Crippen LogP contribution in [0.5, 0.6) is 5.75 Å². The van der Waals surface area contributed by atoms with E-state index in [0.29, 0.717) is 12.4 Å². The molecule has 1 aromatic heterocycles. The number of ether oxygens (including phenoxy) is 1. The minimum atomic E-state index is -0.0424. The average molecular weight is 283 g/mol. The van der Waals surface area contributed by atoms with E-state index in [1.807, 2.05) is 24.3 Å². The Balaban J connectivity index is 1.94. The Labute approximate surface area is 125 Å². The molecule has 110 valence electrons. The molecular formula is C17H21N3O. The van der Waals surface area contributed by atoms with Crippen molar-refractivity contribution in [2.45, 2.75) is 38.5 Å². The molecule has 4 heteroatoms. The number of rotatable bonds is 1. The molecule has 1 aliphatic heterocycles. The van der Waals surface area contributed by atoms with Crippen LogP contribution in [0.2, 0.25) is 0 Å². The number of fused-ring (bicyclic) bond motifs is 1. The minimum absolute atomic E-state index is 0.0424. The fourth-order valence-electron chi connectivity index (χ4n) is 2.55. The summed E-state index contributed by atoms with van der Waals surface area (Å²) < 4.78 is 5.84. The van der Waals surface area contributed by atoms with Crippen LogP contribution in [-0.4, -0.2) is 16.6 Å². The molecule has 1 aromatic carbocycles. The van der Waals surface area contributed by atoms with Crippen molar-refractivity contribution in [1.82, 2.24) is 9.97 Å². The summed E-state index contributed by atoms with van der Waals surface area (Å²) in [6.07, 6.45) is 0.892. The van der Waals surface area contributed by atoms with Crippen LogP contribution in [0.25, 0.3) is 0 Å². The van der Waals surface area contributed by atoms with Crippen LogP contribution in [-0.2, 0) is 11.8 Å². The van der Waals surface area contributed by atoms with Gasteiger partial charge < -0.3 is 10.5 Å². The maximum atomic E-state index is 5.97. The lowest BCUT2D eigenvalue weighted by Crippen LogP contribution is -2.24. The van der Waals surface area contributed by atoms with E-state index in [4.69, 9.17) is 15.5 Å². The summed E-state index contributed by atoms with van der Waals surface area (Å²) in [6, 6.07) is 9.99. The first-order valence-corrected chi connectivity index (χ1v) is 7.29. The number of anilines is 1. The third-order valence-electron chi connectivity index (χ3n) is 3.78. The molecule has 0 saturated carbocycles. The number of hydrogen-bond donors (Lipinski definition) is 1. The van der Waals surface area contributed by atoms with Gasteiger partial charge in [-0.3, -0.25) is 0 Å². The predicted octanol–water partition coefficient (Wildman–Crippen LogP) is 3.08. The van der Waals surface area contributed by atoms with Crippen LogP contribution >= 0.6 is 0 Å². The maximum absolute atomic E-state index is 5.97.